The first-order valence-electron chi connectivity index (χ1n) is 12.3. The van der Waals surface area contributed by atoms with E-state index in [1.54, 1.807) is 36.5 Å². The van der Waals surface area contributed by atoms with Gasteiger partial charge in [-0.25, -0.2) is 18.7 Å². The second-order valence-corrected chi connectivity index (χ2v) is 9.32. The van der Waals surface area contributed by atoms with Gasteiger partial charge in [-0.15, -0.1) is 0 Å². The molecule has 1 saturated heterocycles. The van der Waals surface area contributed by atoms with Crippen molar-refractivity contribution in [2.45, 2.75) is 6.43 Å². The Hall–Kier alpha value is -3.97. The highest BCUT2D eigenvalue weighted by molar-refractivity contribution is 5.78. The third kappa shape index (κ3) is 5.20. The van der Waals surface area contributed by atoms with E-state index < -0.39 is 12.2 Å². The molecular weight excluding hydrogens is 494 g/mol. The topological polar surface area (TPSA) is 114 Å². The first-order valence-corrected chi connectivity index (χ1v) is 12.3. The van der Waals surface area contributed by atoms with Crippen molar-refractivity contribution in [1.29, 1.82) is 0 Å². The molecule has 3 aromatic heterocycles. The van der Waals surface area contributed by atoms with Crippen molar-refractivity contribution in [3.05, 3.63) is 42.4 Å². The maximum Gasteiger partial charge on any atom is 0.296 e. The number of hydrogen-bond acceptors (Lipinski definition) is 10. The quantitative estimate of drug-likeness (QED) is 0.369. The van der Waals surface area contributed by atoms with E-state index in [2.05, 4.69) is 19.9 Å². The molecule has 4 heterocycles. The first-order chi connectivity index (χ1) is 18.3. The number of nitrogens with zero attached hydrogens (tertiary/aromatic N) is 9. The Bertz CT molecular complexity index is 1420. The van der Waals surface area contributed by atoms with Gasteiger partial charge in [-0.1, -0.05) is 12.1 Å². The Morgan fingerprint density at radius 1 is 1.00 bits per heavy atom. The number of pyridine rings is 1. The summed E-state index contributed by atoms with van der Waals surface area (Å²) in [4.78, 5) is 28.8. The van der Waals surface area contributed by atoms with E-state index in [9.17, 15) is 8.78 Å². The summed E-state index contributed by atoms with van der Waals surface area (Å²) in [7, 11) is 5.91. The molecule has 200 valence electrons. The molecule has 1 aliphatic rings. The molecule has 0 saturated carbocycles. The third-order valence-corrected chi connectivity index (χ3v) is 6.26. The fourth-order valence-electron chi connectivity index (χ4n) is 4.28. The molecule has 0 radical (unpaired) electrons. The molecular formula is C25H30F2N10O. The lowest BCUT2D eigenvalue weighted by Gasteiger charge is -2.27. The normalized spacial score (nSPS) is 14.1. The van der Waals surface area contributed by atoms with E-state index in [4.69, 9.17) is 20.4 Å². The number of imidazole rings is 1. The van der Waals surface area contributed by atoms with E-state index in [1.807, 2.05) is 30.9 Å². The highest BCUT2D eigenvalue weighted by Crippen LogP contribution is 2.32. The predicted molar refractivity (Wildman–Crippen MR) is 142 cm³/mol. The minimum atomic E-state index is -2.84. The van der Waals surface area contributed by atoms with Gasteiger partial charge in [0.15, 0.2) is 11.6 Å². The fraction of sp³-hybridized carbons (Fsp3) is 0.400. The van der Waals surface area contributed by atoms with Gasteiger partial charge in [0, 0.05) is 33.2 Å². The van der Waals surface area contributed by atoms with Crippen molar-refractivity contribution >= 4 is 28.5 Å². The molecule has 0 spiro atoms. The van der Waals surface area contributed by atoms with Crippen LogP contribution in [0.25, 0.3) is 28.4 Å². The number of rotatable bonds is 8. The average Bonchev–Trinajstić information content (AvgIpc) is 3.32. The molecule has 11 nitrogen and oxygen atoms in total. The van der Waals surface area contributed by atoms with Gasteiger partial charge >= 0.3 is 0 Å². The molecule has 2 N–H and O–H groups in total. The summed E-state index contributed by atoms with van der Waals surface area (Å²) in [6.45, 7) is 3.60. The molecule has 38 heavy (non-hydrogen) atoms. The molecule has 0 atom stereocenters. The van der Waals surface area contributed by atoms with Gasteiger partial charge in [-0.3, -0.25) is 4.57 Å². The standard InChI is InChI=1S/C25H30F2N10O/c1-34(2)8-9-35(3)22-17(14-16(28)15-29-22)21-31-24(36-10-12-38-13-11-36)33-25(32-21)37-19-7-5-4-6-18(19)30-23(37)20(26)27/h4-7,14-15,20H,8-13,28H2,1-3H3. The number of anilines is 3. The van der Waals surface area contributed by atoms with Gasteiger partial charge in [0.05, 0.1) is 41.7 Å². The number of halogens is 2. The lowest BCUT2D eigenvalue weighted by Crippen LogP contribution is -2.37. The van der Waals surface area contributed by atoms with E-state index >= 15 is 0 Å². The average molecular weight is 525 g/mol. The fourth-order valence-corrected chi connectivity index (χ4v) is 4.28. The molecule has 4 aromatic rings. The van der Waals surface area contributed by atoms with Crippen molar-refractivity contribution in [3.8, 4) is 17.3 Å². The zero-order valence-corrected chi connectivity index (χ0v) is 21.6. The Morgan fingerprint density at radius 2 is 1.74 bits per heavy atom. The SMILES string of the molecule is CN(C)CCN(C)c1ncc(N)cc1-c1nc(N2CCOCC2)nc(-n2c(C(F)F)nc3ccccc32)n1. The molecule has 0 bridgehead atoms. The van der Waals surface area contributed by atoms with Crippen LogP contribution in [0.5, 0.6) is 0 Å². The first kappa shape index (κ1) is 25.7. The van der Waals surface area contributed by atoms with E-state index in [1.165, 1.54) is 4.57 Å². The third-order valence-electron chi connectivity index (χ3n) is 6.26. The Labute approximate surface area is 218 Å². The highest BCUT2D eigenvalue weighted by Gasteiger charge is 2.26. The molecule has 13 heteroatoms. The Morgan fingerprint density at radius 3 is 2.47 bits per heavy atom. The maximum absolute atomic E-state index is 14.2. The number of hydrogen-bond donors (Lipinski definition) is 1. The van der Waals surface area contributed by atoms with Crippen LogP contribution in [0, 0.1) is 0 Å². The number of aromatic nitrogens is 6. The van der Waals surface area contributed by atoms with Gasteiger partial charge in [0.25, 0.3) is 6.43 Å². The van der Waals surface area contributed by atoms with Crippen LogP contribution in [0.2, 0.25) is 0 Å². The van der Waals surface area contributed by atoms with Crippen LogP contribution in [-0.2, 0) is 4.74 Å². The summed E-state index contributed by atoms with van der Waals surface area (Å²) in [5, 5.41) is 0. The summed E-state index contributed by atoms with van der Waals surface area (Å²) < 4.78 is 35.2. The Kier molecular flexibility index (Phi) is 7.29. The number of morpholine rings is 1. The van der Waals surface area contributed by atoms with Crippen LogP contribution in [-0.4, -0.2) is 94.9 Å². The number of alkyl halides is 2. The zero-order chi connectivity index (χ0) is 26.8. The van der Waals surface area contributed by atoms with E-state index in [0.717, 1.165) is 6.54 Å². The molecule has 1 fully saturated rings. The summed E-state index contributed by atoms with van der Waals surface area (Å²) in [5.74, 6) is 0.863. The second kappa shape index (κ2) is 10.8. The van der Waals surface area contributed by atoms with Gasteiger partial charge in [-0.2, -0.15) is 15.0 Å². The van der Waals surface area contributed by atoms with Gasteiger partial charge in [-0.05, 0) is 32.3 Å². The Balaban J connectivity index is 1.71. The number of nitrogens with two attached hydrogens (primary N) is 1. The largest absolute Gasteiger partial charge is 0.397 e. The number of benzene rings is 1. The van der Waals surface area contributed by atoms with Gasteiger partial charge < -0.3 is 25.2 Å². The van der Waals surface area contributed by atoms with Crippen molar-refractivity contribution in [2.24, 2.45) is 0 Å². The minimum absolute atomic E-state index is 0.0461. The monoisotopic (exact) mass is 524 g/mol. The van der Waals surface area contributed by atoms with Crippen molar-refractivity contribution in [1.82, 2.24) is 34.4 Å². The number of fused-ring (bicyclic) bond motifs is 1. The summed E-state index contributed by atoms with van der Waals surface area (Å²) in [6.07, 6.45) is -1.26. The number of para-hydroxylation sites is 2. The van der Waals surface area contributed by atoms with Crippen molar-refractivity contribution < 1.29 is 13.5 Å². The summed E-state index contributed by atoms with van der Waals surface area (Å²) >= 11 is 0. The van der Waals surface area contributed by atoms with Crippen molar-refractivity contribution in [2.75, 3.05) is 76.1 Å². The van der Waals surface area contributed by atoms with Crippen LogP contribution >= 0.6 is 0 Å². The van der Waals surface area contributed by atoms with Crippen molar-refractivity contribution in [3.63, 3.8) is 0 Å². The van der Waals surface area contributed by atoms with E-state index in [-0.39, 0.29) is 11.8 Å². The zero-order valence-electron chi connectivity index (χ0n) is 21.6. The van der Waals surface area contributed by atoms with Crippen LogP contribution < -0.4 is 15.5 Å². The van der Waals surface area contributed by atoms with E-state index in [0.29, 0.717) is 66.9 Å². The van der Waals surface area contributed by atoms with Crippen LogP contribution in [0.15, 0.2) is 36.5 Å². The molecule has 0 unspecified atom stereocenters. The number of ether oxygens (including phenoxy) is 1. The lowest BCUT2D eigenvalue weighted by atomic mass is 10.2. The molecule has 0 amide bonds. The van der Waals surface area contributed by atoms with Crippen LogP contribution in [0.1, 0.15) is 12.2 Å². The summed E-state index contributed by atoms with van der Waals surface area (Å²) in [6, 6.07) is 8.66. The predicted octanol–water partition coefficient (Wildman–Crippen LogP) is 2.63. The number of likely N-dealkylation sites (N-methyl/N-ethyl adjacent to an activating group) is 2. The molecule has 1 aliphatic heterocycles. The second-order valence-electron chi connectivity index (χ2n) is 9.32. The van der Waals surface area contributed by atoms with Crippen LogP contribution in [0.4, 0.5) is 26.2 Å². The van der Waals surface area contributed by atoms with Crippen LogP contribution in [0.3, 0.4) is 0 Å². The highest BCUT2D eigenvalue weighted by atomic mass is 19.3. The smallest absolute Gasteiger partial charge is 0.296 e. The van der Waals surface area contributed by atoms with Gasteiger partial charge in [0.2, 0.25) is 11.9 Å². The summed E-state index contributed by atoms with van der Waals surface area (Å²) in [5.41, 5.74) is 8.04. The lowest BCUT2D eigenvalue weighted by molar-refractivity contribution is 0.122. The molecule has 5 rings (SSSR count). The maximum atomic E-state index is 14.2. The molecule has 0 aliphatic carbocycles. The number of nitrogen functional groups attached to an aromatic ring is 1. The van der Waals surface area contributed by atoms with Gasteiger partial charge in [0.1, 0.15) is 5.82 Å². The minimum Gasteiger partial charge on any atom is -0.397 e. The molecule has 1 aromatic carbocycles.